The smallest absolute Gasteiger partial charge is 0.233 e. The molecule has 18 heavy (non-hydrogen) atoms. The zero-order valence-electron chi connectivity index (χ0n) is 11.2. The van der Waals surface area contributed by atoms with Crippen LogP contribution in [-0.2, 0) is 11.2 Å². The largest absolute Gasteiger partial charge is 0.329 e. The molecule has 0 aromatic carbocycles. The molecule has 0 atom stereocenters. The minimum atomic E-state index is -0.460. The number of aryl methyl sites for hydroxylation is 1. The van der Waals surface area contributed by atoms with Crippen LogP contribution in [0.4, 0.5) is 5.13 Å². The fourth-order valence-corrected chi connectivity index (χ4v) is 2.46. The summed E-state index contributed by atoms with van der Waals surface area (Å²) >= 11 is 1.52. The number of hydrogen-bond donors (Lipinski definition) is 2. The molecular weight excluding hydrogens is 270 g/mol. The van der Waals surface area contributed by atoms with Gasteiger partial charge in [-0.25, -0.2) is 4.98 Å². The van der Waals surface area contributed by atoms with Crippen molar-refractivity contribution >= 4 is 34.8 Å². The number of thiazole rings is 1. The van der Waals surface area contributed by atoms with Crippen LogP contribution in [0.15, 0.2) is 6.20 Å². The number of aromatic nitrogens is 1. The molecule has 1 heterocycles. The van der Waals surface area contributed by atoms with Gasteiger partial charge in [-0.2, -0.15) is 0 Å². The Bertz CT molecular complexity index is 369. The summed E-state index contributed by atoms with van der Waals surface area (Å²) in [4.78, 5) is 17.6. The third kappa shape index (κ3) is 3.67. The van der Waals surface area contributed by atoms with E-state index < -0.39 is 5.41 Å². The molecule has 0 aliphatic heterocycles. The van der Waals surface area contributed by atoms with Crippen LogP contribution < -0.4 is 11.1 Å². The van der Waals surface area contributed by atoms with Crippen molar-refractivity contribution in [2.75, 3.05) is 11.9 Å². The second kappa shape index (κ2) is 7.71. The van der Waals surface area contributed by atoms with Gasteiger partial charge in [-0.05, 0) is 19.3 Å². The van der Waals surface area contributed by atoms with Crippen molar-refractivity contribution in [3.63, 3.8) is 0 Å². The van der Waals surface area contributed by atoms with Crippen molar-refractivity contribution in [3.8, 4) is 0 Å². The van der Waals surface area contributed by atoms with Gasteiger partial charge in [0.15, 0.2) is 5.13 Å². The van der Waals surface area contributed by atoms with E-state index in [2.05, 4.69) is 17.2 Å². The molecule has 0 saturated heterocycles. The van der Waals surface area contributed by atoms with Gasteiger partial charge in [-0.15, -0.1) is 23.7 Å². The molecule has 0 bridgehead atoms. The number of carbonyl (C=O) groups excluding carboxylic acids is 1. The average Bonchev–Trinajstić information content (AvgIpc) is 2.80. The Morgan fingerprint density at radius 1 is 1.44 bits per heavy atom. The summed E-state index contributed by atoms with van der Waals surface area (Å²) < 4.78 is 0. The van der Waals surface area contributed by atoms with Gasteiger partial charge in [-0.3, -0.25) is 4.79 Å². The number of halogens is 1. The maximum atomic E-state index is 12.2. The third-order valence-electron chi connectivity index (χ3n) is 3.35. The number of hydrogen-bond acceptors (Lipinski definition) is 4. The molecule has 104 valence electrons. The molecule has 1 aromatic heterocycles. The first-order valence-corrected chi connectivity index (χ1v) is 6.89. The van der Waals surface area contributed by atoms with Gasteiger partial charge >= 0.3 is 0 Å². The van der Waals surface area contributed by atoms with E-state index >= 15 is 0 Å². The molecular formula is C12H22ClN3OS. The second-order valence-corrected chi connectivity index (χ2v) is 5.25. The lowest BCUT2D eigenvalue weighted by Crippen LogP contribution is -2.41. The maximum absolute atomic E-state index is 12.2. The Kier molecular flexibility index (Phi) is 7.43. The minimum Gasteiger partial charge on any atom is -0.329 e. The standard InChI is InChI=1S/C12H21N3OS.ClH/c1-4-9-7-14-11(17-9)15-10(16)12(5-2,6-3)8-13;/h7H,4-6,8,13H2,1-3H3,(H,14,15,16);1H. The van der Waals surface area contributed by atoms with Gasteiger partial charge in [-0.1, -0.05) is 20.8 Å². The third-order valence-corrected chi connectivity index (χ3v) is 4.41. The van der Waals surface area contributed by atoms with Crippen LogP contribution in [0.25, 0.3) is 0 Å². The zero-order chi connectivity index (χ0) is 12.9. The normalized spacial score (nSPS) is 10.9. The van der Waals surface area contributed by atoms with Gasteiger partial charge in [0.25, 0.3) is 0 Å². The van der Waals surface area contributed by atoms with Crippen molar-refractivity contribution in [2.24, 2.45) is 11.1 Å². The molecule has 0 unspecified atom stereocenters. The summed E-state index contributed by atoms with van der Waals surface area (Å²) in [7, 11) is 0. The molecule has 1 amide bonds. The van der Waals surface area contributed by atoms with E-state index in [1.54, 1.807) is 0 Å². The zero-order valence-corrected chi connectivity index (χ0v) is 12.8. The highest BCUT2D eigenvalue weighted by atomic mass is 35.5. The number of rotatable bonds is 6. The van der Waals surface area contributed by atoms with E-state index in [-0.39, 0.29) is 18.3 Å². The summed E-state index contributed by atoms with van der Waals surface area (Å²) in [5.74, 6) is -0.0120. The molecule has 0 aliphatic rings. The van der Waals surface area contributed by atoms with Crippen LogP contribution in [0, 0.1) is 5.41 Å². The number of nitrogens with one attached hydrogen (secondary N) is 1. The highest BCUT2D eigenvalue weighted by Gasteiger charge is 2.33. The molecule has 0 spiro atoms. The highest BCUT2D eigenvalue weighted by molar-refractivity contribution is 7.15. The Hall–Kier alpha value is -0.650. The molecule has 0 fully saturated rings. The van der Waals surface area contributed by atoms with E-state index in [4.69, 9.17) is 5.73 Å². The summed E-state index contributed by atoms with van der Waals surface area (Å²) in [5.41, 5.74) is 5.28. The molecule has 0 aliphatic carbocycles. The molecule has 0 saturated carbocycles. The van der Waals surface area contributed by atoms with Crippen molar-refractivity contribution in [1.82, 2.24) is 4.98 Å². The van der Waals surface area contributed by atoms with Gasteiger partial charge in [0.05, 0.1) is 5.41 Å². The fraction of sp³-hybridized carbons (Fsp3) is 0.667. The van der Waals surface area contributed by atoms with Crippen LogP contribution in [0.5, 0.6) is 0 Å². The topological polar surface area (TPSA) is 68.0 Å². The highest BCUT2D eigenvalue weighted by Crippen LogP contribution is 2.28. The van der Waals surface area contributed by atoms with Crippen LogP contribution in [-0.4, -0.2) is 17.4 Å². The molecule has 1 rings (SSSR count). The maximum Gasteiger partial charge on any atom is 0.233 e. The van der Waals surface area contributed by atoms with Crippen molar-refractivity contribution in [3.05, 3.63) is 11.1 Å². The number of nitrogens with two attached hydrogens (primary N) is 1. The monoisotopic (exact) mass is 291 g/mol. The predicted octanol–water partition coefficient (Wildman–Crippen LogP) is 2.83. The summed E-state index contributed by atoms with van der Waals surface area (Å²) in [5, 5.41) is 3.55. The fourth-order valence-electron chi connectivity index (χ4n) is 1.71. The Morgan fingerprint density at radius 3 is 2.44 bits per heavy atom. The molecule has 4 nitrogen and oxygen atoms in total. The van der Waals surface area contributed by atoms with Crippen LogP contribution in [0.2, 0.25) is 0 Å². The first-order chi connectivity index (χ1) is 8.11. The SMILES string of the molecule is CCc1cnc(NC(=O)C(CC)(CC)CN)s1.Cl. The Morgan fingerprint density at radius 2 is 2.06 bits per heavy atom. The lowest BCUT2D eigenvalue weighted by atomic mass is 9.81. The number of nitrogens with zero attached hydrogens (tertiary/aromatic N) is 1. The lowest BCUT2D eigenvalue weighted by molar-refractivity contribution is -0.125. The summed E-state index contributed by atoms with van der Waals surface area (Å²) in [6.07, 6.45) is 4.25. The van der Waals surface area contributed by atoms with Crippen molar-refractivity contribution < 1.29 is 4.79 Å². The van der Waals surface area contributed by atoms with E-state index in [1.165, 1.54) is 16.2 Å². The summed E-state index contributed by atoms with van der Waals surface area (Å²) in [6.45, 7) is 6.43. The van der Waals surface area contributed by atoms with Crippen LogP contribution >= 0.6 is 23.7 Å². The van der Waals surface area contributed by atoms with Crippen molar-refractivity contribution in [2.45, 2.75) is 40.0 Å². The Labute approximate surface area is 119 Å². The van der Waals surface area contributed by atoms with Crippen LogP contribution in [0.1, 0.15) is 38.5 Å². The minimum absolute atomic E-state index is 0. The Balaban J connectivity index is 0.00000289. The predicted molar refractivity (Wildman–Crippen MR) is 79.4 cm³/mol. The molecule has 3 N–H and O–H groups in total. The average molecular weight is 292 g/mol. The summed E-state index contributed by atoms with van der Waals surface area (Å²) in [6, 6.07) is 0. The first kappa shape index (κ1) is 17.4. The second-order valence-electron chi connectivity index (χ2n) is 4.13. The van der Waals surface area contributed by atoms with Gasteiger partial charge in [0.2, 0.25) is 5.91 Å². The van der Waals surface area contributed by atoms with Gasteiger partial charge in [0.1, 0.15) is 0 Å². The lowest BCUT2D eigenvalue weighted by Gasteiger charge is -2.27. The van der Waals surface area contributed by atoms with Gasteiger partial charge < -0.3 is 11.1 Å². The van der Waals surface area contributed by atoms with Gasteiger partial charge in [0, 0.05) is 17.6 Å². The number of amides is 1. The molecule has 1 aromatic rings. The van der Waals surface area contributed by atoms with Crippen LogP contribution in [0.3, 0.4) is 0 Å². The number of anilines is 1. The quantitative estimate of drug-likeness (QED) is 0.847. The molecule has 0 radical (unpaired) electrons. The van der Waals surface area contributed by atoms with E-state index in [0.717, 1.165) is 19.3 Å². The molecule has 6 heteroatoms. The first-order valence-electron chi connectivity index (χ1n) is 6.08. The van der Waals surface area contributed by atoms with E-state index in [9.17, 15) is 4.79 Å². The number of carbonyl (C=O) groups is 1. The van der Waals surface area contributed by atoms with Crippen molar-refractivity contribution in [1.29, 1.82) is 0 Å². The van der Waals surface area contributed by atoms with E-state index in [1.807, 2.05) is 20.0 Å². The van der Waals surface area contributed by atoms with E-state index in [0.29, 0.717) is 11.7 Å².